The highest BCUT2D eigenvalue weighted by molar-refractivity contribution is 6.36. The molecule has 1 aliphatic heterocycles. The predicted molar refractivity (Wildman–Crippen MR) is 155 cm³/mol. The molecule has 0 aromatic heterocycles. The Bertz CT molecular complexity index is 1410. The molecule has 208 valence electrons. The van der Waals surface area contributed by atoms with Gasteiger partial charge in [0.2, 0.25) is 5.91 Å². The topological polar surface area (TPSA) is 108 Å². The third-order valence-corrected chi connectivity index (χ3v) is 7.24. The van der Waals surface area contributed by atoms with Crippen LogP contribution in [0.2, 0.25) is 10.0 Å². The average Bonchev–Trinajstić information content (AvgIpc) is 3.41. The Balaban J connectivity index is 1.72. The van der Waals surface area contributed by atoms with E-state index in [0.717, 1.165) is 18.5 Å². The highest BCUT2D eigenvalue weighted by atomic mass is 35.5. The summed E-state index contributed by atoms with van der Waals surface area (Å²) in [7, 11) is 1.18. The summed E-state index contributed by atoms with van der Waals surface area (Å²) in [4.78, 5) is 44.2. The number of carboxylic acid groups (broad SMARTS) is 1. The minimum absolute atomic E-state index is 0.173. The lowest BCUT2D eigenvalue weighted by Gasteiger charge is -2.24. The highest BCUT2D eigenvalue weighted by Gasteiger charge is 2.32. The molecule has 10 heteroatoms. The second kappa shape index (κ2) is 13.6. The maximum atomic E-state index is 13.6. The van der Waals surface area contributed by atoms with E-state index in [2.05, 4.69) is 19.9 Å². The first-order valence-corrected chi connectivity index (χ1v) is 13.5. The van der Waals surface area contributed by atoms with Crippen LogP contribution in [-0.4, -0.2) is 59.3 Å². The highest BCUT2D eigenvalue weighted by Crippen LogP contribution is 2.29. The number of hydrogen-bond donors (Lipinski definition) is 2. The molecule has 3 aromatic rings. The van der Waals surface area contributed by atoms with Crippen LogP contribution < -0.4 is 5.32 Å². The molecule has 0 bridgehead atoms. The van der Waals surface area contributed by atoms with Crippen molar-refractivity contribution in [1.82, 2.24) is 4.90 Å². The van der Waals surface area contributed by atoms with E-state index >= 15 is 0 Å². The van der Waals surface area contributed by atoms with Gasteiger partial charge in [-0.15, -0.1) is 0 Å². The van der Waals surface area contributed by atoms with Crippen molar-refractivity contribution in [3.8, 4) is 0 Å². The van der Waals surface area contributed by atoms with Crippen molar-refractivity contribution in [2.75, 3.05) is 19.0 Å². The number of anilines is 1. The van der Waals surface area contributed by atoms with Crippen molar-refractivity contribution in [2.24, 2.45) is 4.99 Å². The molecule has 2 N–H and O–H groups in total. The number of rotatable bonds is 10. The molecule has 40 heavy (non-hydrogen) atoms. The van der Waals surface area contributed by atoms with Crippen LogP contribution in [0.3, 0.4) is 0 Å². The van der Waals surface area contributed by atoms with E-state index < -0.39 is 24.4 Å². The van der Waals surface area contributed by atoms with E-state index in [-0.39, 0.29) is 17.7 Å². The lowest BCUT2D eigenvalue weighted by Crippen LogP contribution is -2.39. The largest absolute Gasteiger partial charge is 0.480 e. The average molecular weight is 582 g/mol. The SMILES string of the molecule is COC(=O)C[C@H](N=C(c1ccccc1Cl)c1cc(Cl)ccc1NC(=O)[C@@H]1CCCN1Cc1ccccc1)C(=O)O. The Morgan fingerprint density at radius 2 is 1.77 bits per heavy atom. The van der Waals surface area contributed by atoms with E-state index in [4.69, 9.17) is 23.2 Å². The molecular weight excluding hydrogens is 553 g/mol. The molecular formula is C30H29Cl2N3O5. The van der Waals surface area contributed by atoms with Gasteiger partial charge in [0.1, 0.15) is 0 Å². The minimum atomic E-state index is -1.46. The smallest absolute Gasteiger partial charge is 0.329 e. The number of carbonyl (C=O) groups is 3. The standard InChI is InChI=1S/C30H29Cl2N3O5/c1-40-27(36)17-25(30(38)39)33-28(21-10-5-6-11-23(21)32)22-16-20(31)13-14-24(22)34-29(37)26-12-7-15-35(26)18-19-8-3-2-4-9-19/h2-6,8-11,13-14,16,25-26H,7,12,15,17-18H2,1H3,(H,34,37)(H,38,39)/t25-,26-/m0/s1. The van der Waals surface area contributed by atoms with Gasteiger partial charge < -0.3 is 15.2 Å². The van der Waals surface area contributed by atoms with Gasteiger partial charge in [-0.2, -0.15) is 0 Å². The zero-order valence-corrected chi connectivity index (χ0v) is 23.4. The van der Waals surface area contributed by atoms with Crippen LogP contribution in [0.4, 0.5) is 5.69 Å². The number of halogens is 2. The summed E-state index contributed by atoms with van der Waals surface area (Å²) >= 11 is 12.9. The van der Waals surface area contributed by atoms with Crippen molar-refractivity contribution in [3.63, 3.8) is 0 Å². The van der Waals surface area contributed by atoms with E-state index in [0.29, 0.717) is 39.8 Å². The predicted octanol–water partition coefficient (Wildman–Crippen LogP) is 5.45. The van der Waals surface area contributed by atoms with Gasteiger partial charge in [-0.25, -0.2) is 4.79 Å². The second-order valence-electron chi connectivity index (χ2n) is 9.39. The number of likely N-dealkylation sites (tertiary alicyclic amines) is 1. The van der Waals surface area contributed by atoms with Crippen molar-refractivity contribution in [3.05, 3.63) is 99.5 Å². The molecule has 1 saturated heterocycles. The third kappa shape index (κ3) is 7.27. The second-order valence-corrected chi connectivity index (χ2v) is 10.2. The molecule has 1 fully saturated rings. The summed E-state index contributed by atoms with van der Waals surface area (Å²) in [5.41, 5.74) is 2.48. The molecule has 0 saturated carbocycles. The van der Waals surface area contributed by atoms with Crippen LogP contribution in [0.1, 0.15) is 36.0 Å². The number of hydrogen-bond acceptors (Lipinski definition) is 6. The van der Waals surface area contributed by atoms with Gasteiger partial charge in [-0.05, 0) is 49.2 Å². The first-order valence-electron chi connectivity index (χ1n) is 12.8. The summed E-state index contributed by atoms with van der Waals surface area (Å²) in [6.45, 7) is 1.44. The molecule has 2 atom stereocenters. The van der Waals surface area contributed by atoms with E-state index in [1.165, 1.54) is 7.11 Å². The maximum Gasteiger partial charge on any atom is 0.329 e. The Hall–Kier alpha value is -3.72. The van der Waals surface area contributed by atoms with Crippen LogP contribution in [0, 0.1) is 0 Å². The summed E-state index contributed by atoms with van der Waals surface area (Å²) in [6.07, 6.45) is 1.10. The first kappa shape index (κ1) is 29.3. The molecule has 8 nitrogen and oxygen atoms in total. The van der Waals surface area contributed by atoms with E-state index in [1.807, 2.05) is 30.3 Å². The summed E-state index contributed by atoms with van der Waals surface area (Å²) in [6, 6.07) is 19.8. The van der Waals surface area contributed by atoms with Crippen LogP contribution in [0.25, 0.3) is 0 Å². The number of nitrogens with one attached hydrogen (secondary N) is 1. The minimum Gasteiger partial charge on any atom is -0.480 e. The molecule has 0 spiro atoms. The quantitative estimate of drug-likeness (QED) is 0.243. The number of amides is 1. The maximum absolute atomic E-state index is 13.6. The first-order chi connectivity index (χ1) is 19.3. The summed E-state index contributed by atoms with van der Waals surface area (Å²) < 4.78 is 4.67. The number of aliphatic imine (C=N–C) groups is 1. The Kier molecular flexibility index (Phi) is 9.93. The fraction of sp³-hybridized carbons (Fsp3) is 0.267. The number of esters is 1. The summed E-state index contributed by atoms with van der Waals surface area (Å²) in [5.74, 6) is -2.24. The number of aliphatic carboxylic acids is 1. The van der Waals surface area contributed by atoms with Gasteiger partial charge in [0.15, 0.2) is 6.04 Å². The van der Waals surface area contributed by atoms with Gasteiger partial charge in [-0.1, -0.05) is 71.7 Å². The van der Waals surface area contributed by atoms with Crippen molar-refractivity contribution in [2.45, 2.75) is 37.9 Å². The fourth-order valence-electron chi connectivity index (χ4n) is 4.69. The van der Waals surface area contributed by atoms with Crippen LogP contribution in [0.5, 0.6) is 0 Å². The molecule has 0 aliphatic carbocycles. The third-order valence-electron chi connectivity index (χ3n) is 6.68. The van der Waals surface area contributed by atoms with Gasteiger partial charge in [0.25, 0.3) is 0 Å². The van der Waals surface area contributed by atoms with Crippen LogP contribution >= 0.6 is 23.2 Å². The number of carbonyl (C=O) groups excluding carboxylic acids is 2. The molecule has 4 rings (SSSR count). The number of carboxylic acids is 1. The fourth-order valence-corrected chi connectivity index (χ4v) is 5.09. The van der Waals surface area contributed by atoms with E-state index in [1.54, 1.807) is 42.5 Å². The van der Waals surface area contributed by atoms with Gasteiger partial charge >= 0.3 is 11.9 Å². The van der Waals surface area contributed by atoms with Crippen LogP contribution in [-0.2, 0) is 25.7 Å². The van der Waals surface area contributed by atoms with Crippen molar-refractivity contribution >= 4 is 52.4 Å². The normalized spacial score (nSPS) is 16.4. The molecule has 1 aliphatic rings. The van der Waals surface area contributed by atoms with Crippen molar-refractivity contribution < 1.29 is 24.2 Å². The Morgan fingerprint density at radius 1 is 1.05 bits per heavy atom. The Morgan fingerprint density at radius 3 is 2.48 bits per heavy atom. The number of ether oxygens (including phenoxy) is 1. The number of methoxy groups -OCH3 is 1. The van der Waals surface area contributed by atoms with Crippen LogP contribution in [0.15, 0.2) is 77.8 Å². The lowest BCUT2D eigenvalue weighted by atomic mass is 9.99. The molecule has 0 unspecified atom stereocenters. The van der Waals surface area contributed by atoms with Crippen molar-refractivity contribution in [1.29, 1.82) is 0 Å². The van der Waals surface area contributed by atoms with Gasteiger partial charge in [-0.3, -0.25) is 19.5 Å². The monoisotopic (exact) mass is 581 g/mol. The number of nitrogens with zero attached hydrogens (tertiary/aromatic N) is 2. The zero-order valence-electron chi connectivity index (χ0n) is 21.8. The lowest BCUT2D eigenvalue weighted by molar-refractivity contribution is -0.146. The van der Waals surface area contributed by atoms with Gasteiger partial charge in [0.05, 0.1) is 31.0 Å². The Labute approximate surface area is 242 Å². The molecule has 1 heterocycles. The molecule has 0 radical (unpaired) electrons. The number of benzene rings is 3. The summed E-state index contributed by atoms with van der Waals surface area (Å²) in [5, 5.41) is 13.5. The van der Waals surface area contributed by atoms with Gasteiger partial charge in [0, 0.05) is 27.7 Å². The van der Waals surface area contributed by atoms with E-state index in [9.17, 15) is 19.5 Å². The molecule has 3 aromatic carbocycles. The molecule has 1 amide bonds. The zero-order chi connectivity index (χ0) is 28.6.